The standard InChI is InChI=1S/C60H84N10O8/c1-42(2)30-34-53(71)67(49(62)39-46-23-13-8-14-24-46)58(76)65-51(40-47-25-15-9-16-26-47)70(56(74)36-32-44(5)6)60(78)66-52(41-48-27-17-10-18-28-48)69(55(73)35-31-43(3)4)59(77)64-50(29-19-20-38-61)68(57(63)75)54(72)37-33-45-21-11-7-12-22-45/h7-18,21-28,42-44,49-52H,19-20,29-41,61-62H2,1-6H3,(H2,63,75)(H,64,77)(H,65,76)(H,66,78)/t49-,50-,51-,52-/m1/s1. The second-order valence-corrected chi connectivity index (χ2v) is 21.0. The summed E-state index contributed by atoms with van der Waals surface area (Å²) in [4.78, 5) is 120. The molecule has 0 saturated carbocycles. The van der Waals surface area contributed by atoms with Gasteiger partial charge in [-0.2, -0.15) is 0 Å². The third-order valence-electron chi connectivity index (χ3n) is 13.1. The number of nitrogens with two attached hydrogens (primary N) is 3. The molecule has 0 heterocycles. The first-order valence-corrected chi connectivity index (χ1v) is 27.4. The fourth-order valence-electron chi connectivity index (χ4n) is 8.79. The smallest absolute Gasteiger partial charge is 0.327 e. The number of hydrogen-bond donors (Lipinski definition) is 6. The Labute approximate surface area is 461 Å². The number of primary amides is 1. The van der Waals surface area contributed by atoms with Crippen molar-refractivity contribution in [1.82, 2.24) is 35.6 Å². The third-order valence-corrected chi connectivity index (χ3v) is 13.1. The van der Waals surface area contributed by atoms with Crippen molar-refractivity contribution in [1.29, 1.82) is 0 Å². The summed E-state index contributed by atoms with van der Waals surface area (Å²) < 4.78 is 0. The summed E-state index contributed by atoms with van der Waals surface area (Å²) >= 11 is 0. The first-order chi connectivity index (χ1) is 37.3. The maximum Gasteiger partial charge on any atom is 0.327 e. The number of rotatable bonds is 29. The Morgan fingerprint density at radius 1 is 0.410 bits per heavy atom. The number of urea groups is 4. The number of carbonyl (C=O) groups excluding carboxylic acids is 8. The van der Waals surface area contributed by atoms with Gasteiger partial charge in [0.15, 0.2) is 0 Å². The zero-order valence-corrected chi connectivity index (χ0v) is 46.5. The summed E-state index contributed by atoms with van der Waals surface area (Å²) in [5.41, 5.74) is 21.3. The van der Waals surface area contributed by atoms with E-state index < -0.39 is 72.4 Å². The molecule has 422 valence electrons. The van der Waals surface area contributed by atoms with E-state index >= 15 is 9.59 Å². The molecule has 0 aliphatic rings. The summed E-state index contributed by atoms with van der Waals surface area (Å²) in [7, 11) is 0. The number of nitrogens with zero attached hydrogens (tertiary/aromatic N) is 4. The van der Waals surface area contributed by atoms with Gasteiger partial charge in [0.25, 0.3) is 0 Å². The molecule has 0 radical (unpaired) electrons. The monoisotopic (exact) mass is 1070 g/mol. The zero-order chi connectivity index (χ0) is 57.1. The molecule has 0 unspecified atom stereocenters. The molecule has 78 heavy (non-hydrogen) atoms. The topological polar surface area (TPSA) is 264 Å². The second kappa shape index (κ2) is 33.0. The van der Waals surface area contributed by atoms with Crippen LogP contribution in [0, 0.1) is 17.8 Å². The van der Waals surface area contributed by atoms with Crippen molar-refractivity contribution in [2.75, 3.05) is 6.54 Å². The maximum atomic E-state index is 15.5. The van der Waals surface area contributed by atoms with Crippen molar-refractivity contribution < 1.29 is 38.4 Å². The van der Waals surface area contributed by atoms with Gasteiger partial charge < -0.3 is 33.2 Å². The molecule has 18 heteroatoms. The van der Waals surface area contributed by atoms with Crippen LogP contribution in [0.4, 0.5) is 19.2 Å². The quantitative estimate of drug-likeness (QED) is 0.0223. The van der Waals surface area contributed by atoms with Gasteiger partial charge in [0, 0.05) is 44.9 Å². The Kier molecular flexibility index (Phi) is 26.7. The second-order valence-electron chi connectivity index (χ2n) is 21.0. The molecule has 0 spiro atoms. The first kappa shape index (κ1) is 63.1. The molecule has 0 aliphatic carbocycles. The predicted octanol–water partition coefficient (Wildman–Crippen LogP) is 8.57. The van der Waals surface area contributed by atoms with Crippen molar-refractivity contribution in [3.8, 4) is 0 Å². The number of hydrogen-bond acceptors (Lipinski definition) is 10. The molecule has 0 saturated heterocycles. The largest absolute Gasteiger partial charge is 0.351 e. The third kappa shape index (κ3) is 21.2. The van der Waals surface area contributed by atoms with E-state index in [1.165, 1.54) is 0 Å². The average molecular weight is 1070 g/mol. The van der Waals surface area contributed by atoms with Gasteiger partial charge in [-0.15, -0.1) is 0 Å². The number of nitrogens with one attached hydrogen (secondary N) is 3. The van der Waals surface area contributed by atoms with Gasteiger partial charge in [-0.1, -0.05) is 163 Å². The minimum absolute atomic E-state index is 0.00619. The van der Waals surface area contributed by atoms with Crippen LogP contribution in [0.25, 0.3) is 0 Å². The minimum atomic E-state index is -1.53. The highest BCUT2D eigenvalue weighted by Crippen LogP contribution is 2.20. The molecule has 0 aliphatic heterocycles. The number of amides is 12. The van der Waals surface area contributed by atoms with Crippen molar-refractivity contribution in [3.05, 3.63) is 144 Å². The molecule has 12 amide bonds. The number of aryl methyl sites for hydroxylation is 1. The van der Waals surface area contributed by atoms with Gasteiger partial charge in [0.05, 0.1) is 6.17 Å². The van der Waals surface area contributed by atoms with Crippen LogP contribution in [0.1, 0.15) is 128 Å². The molecule has 4 aromatic carbocycles. The zero-order valence-electron chi connectivity index (χ0n) is 46.5. The Hall–Kier alpha value is -7.44. The Morgan fingerprint density at radius 2 is 0.744 bits per heavy atom. The Bertz CT molecular complexity index is 2520. The van der Waals surface area contributed by atoms with Crippen LogP contribution in [-0.4, -0.2) is 98.6 Å². The van der Waals surface area contributed by atoms with E-state index in [1.54, 1.807) is 60.7 Å². The summed E-state index contributed by atoms with van der Waals surface area (Å²) in [5.74, 6) is -2.49. The molecular weight excluding hydrogens is 989 g/mol. The van der Waals surface area contributed by atoms with Crippen LogP contribution < -0.4 is 33.2 Å². The van der Waals surface area contributed by atoms with Crippen molar-refractivity contribution in [3.63, 3.8) is 0 Å². The van der Waals surface area contributed by atoms with E-state index in [0.29, 0.717) is 43.2 Å². The number of benzene rings is 4. The van der Waals surface area contributed by atoms with Gasteiger partial charge in [-0.05, 0) is 91.5 Å². The summed E-state index contributed by atoms with van der Waals surface area (Å²) in [6, 6.07) is 31.8. The SMILES string of the molecule is CC(C)CCC(=O)N(C(=O)N[C@@H](CCCCN)N(C(N)=O)C(=O)CCc1ccccc1)[C@H](Cc1ccccc1)NC(=O)N(C(=O)CCC(C)C)[C@H](Cc1ccccc1)NC(=O)N(C(=O)CCC(C)C)[C@@H](N)Cc1ccccc1. The molecule has 4 rings (SSSR count). The predicted molar refractivity (Wildman–Crippen MR) is 302 cm³/mol. The van der Waals surface area contributed by atoms with Crippen LogP contribution in [0.3, 0.4) is 0 Å². The Balaban J connectivity index is 1.88. The fraction of sp³-hybridized carbons (Fsp3) is 0.467. The van der Waals surface area contributed by atoms with Crippen LogP contribution in [0.2, 0.25) is 0 Å². The Morgan fingerprint density at radius 3 is 1.12 bits per heavy atom. The summed E-state index contributed by atoms with van der Waals surface area (Å²) in [6.45, 7) is 11.9. The highest BCUT2D eigenvalue weighted by molar-refractivity contribution is 6.00. The van der Waals surface area contributed by atoms with E-state index in [2.05, 4.69) is 16.0 Å². The molecule has 9 N–H and O–H groups in total. The molecule has 4 atom stereocenters. The van der Waals surface area contributed by atoms with E-state index in [-0.39, 0.29) is 82.1 Å². The lowest BCUT2D eigenvalue weighted by Gasteiger charge is -2.38. The van der Waals surface area contributed by atoms with Crippen LogP contribution in [0.5, 0.6) is 0 Å². The van der Waals surface area contributed by atoms with Crippen molar-refractivity contribution in [2.45, 2.75) is 156 Å². The van der Waals surface area contributed by atoms with Gasteiger partial charge in [0.1, 0.15) is 18.5 Å². The highest BCUT2D eigenvalue weighted by Gasteiger charge is 2.40. The van der Waals surface area contributed by atoms with Crippen molar-refractivity contribution >= 4 is 47.8 Å². The number of carbonyl (C=O) groups is 8. The molecule has 18 nitrogen and oxygen atoms in total. The first-order valence-electron chi connectivity index (χ1n) is 27.4. The van der Waals surface area contributed by atoms with E-state index in [4.69, 9.17) is 17.2 Å². The normalized spacial score (nSPS) is 12.7. The van der Waals surface area contributed by atoms with Crippen LogP contribution in [0.15, 0.2) is 121 Å². The van der Waals surface area contributed by atoms with Crippen LogP contribution in [-0.2, 0) is 44.9 Å². The molecule has 4 aromatic rings. The van der Waals surface area contributed by atoms with E-state index in [0.717, 1.165) is 30.7 Å². The van der Waals surface area contributed by atoms with Crippen LogP contribution >= 0.6 is 0 Å². The fourth-order valence-corrected chi connectivity index (χ4v) is 8.79. The number of unbranched alkanes of at least 4 members (excludes halogenated alkanes) is 1. The van der Waals surface area contributed by atoms with Gasteiger partial charge in [0.2, 0.25) is 23.6 Å². The van der Waals surface area contributed by atoms with Gasteiger partial charge in [-0.25, -0.2) is 38.8 Å². The van der Waals surface area contributed by atoms with E-state index in [1.807, 2.05) is 102 Å². The molecular formula is C60H84N10O8. The summed E-state index contributed by atoms with van der Waals surface area (Å²) in [5, 5.41) is 8.50. The lowest BCUT2D eigenvalue weighted by Crippen LogP contribution is -2.65. The van der Waals surface area contributed by atoms with Gasteiger partial charge >= 0.3 is 24.1 Å². The lowest BCUT2D eigenvalue weighted by atomic mass is 10.1. The minimum Gasteiger partial charge on any atom is -0.351 e. The molecule has 0 bridgehead atoms. The highest BCUT2D eigenvalue weighted by atomic mass is 16.2. The lowest BCUT2D eigenvalue weighted by molar-refractivity contribution is -0.132. The van der Waals surface area contributed by atoms with E-state index in [9.17, 15) is 28.8 Å². The average Bonchev–Trinajstić information content (AvgIpc) is 3.42. The molecule has 0 aromatic heterocycles. The van der Waals surface area contributed by atoms with Gasteiger partial charge in [-0.3, -0.25) is 19.2 Å². The maximum absolute atomic E-state index is 15.5. The van der Waals surface area contributed by atoms with Crippen molar-refractivity contribution in [2.24, 2.45) is 35.0 Å². The molecule has 0 fully saturated rings. The summed E-state index contributed by atoms with van der Waals surface area (Å²) in [6.07, 6.45) is -3.87. The number of imide groups is 4.